The Morgan fingerprint density at radius 3 is 2.60 bits per heavy atom. The van der Waals surface area contributed by atoms with Gasteiger partial charge in [-0.2, -0.15) is 5.10 Å². The summed E-state index contributed by atoms with van der Waals surface area (Å²) in [6.07, 6.45) is 5.66. The lowest BCUT2D eigenvalue weighted by molar-refractivity contribution is 0.661. The van der Waals surface area contributed by atoms with Crippen molar-refractivity contribution in [1.29, 1.82) is 0 Å². The molecule has 0 bridgehead atoms. The second-order valence-corrected chi connectivity index (χ2v) is 4.53. The topological polar surface area (TPSA) is 34.9 Å². The van der Waals surface area contributed by atoms with Gasteiger partial charge in [-0.15, -0.1) is 0 Å². The molecule has 0 aliphatic rings. The predicted octanol–water partition coefficient (Wildman–Crippen LogP) is 3.11. The molecule has 98 valence electrons. The average Bonchev–Trinajstić information content (AvgIpc) is 2.51. The van der Waals surface area contributed by atoms with E-state index < -0.39 is 0 Å². The predicted molar refractivity (Wildman–Crippen MR) is 81.5 cm³/mol. The van der Waals surface area contributed by atoms with E-state index in [2.05, 4.69) is 5.10 Å². The van der Waals surface area contributed by atoms with Gasteiger partial charge in [0.25, 0.3) is 5.56 Å². The summed E-state index contributed by atoms with van der Waals surface area (Å²) in [6, 6.07) is 17.5. The Morgan fingerprint density at radius 1 is 1.00 bits per heavy atom. The molecule has 0 unspecified atom stereocenters. The fourth-order valence-corrected chi connectivity index (χ4v) is 2.11. The molecule has 0 fully saturated rings. The van der Waals surface area contributed by atoms with Crippen molar-refractivity contribution < 1.29 is 0 Å². The maximum Gasteiger partial charge on any atom is 0.274 e. The van der Waals surface area contributed by atoms with Crippen LogP contribution in [0.25, 0.3) is 16.8 Å². The van der Waals surface area contributed by atoms with E-state index in [9.17, 15) is 4.79 Å². The summed E-state index contributed by atoms with van der Waals surface area (Å²) in [5, 5.41) is 5.77. The summed E-state index contributed by atoms with van der Waals surface area (Å²) in [4.78, 5) is 12.2. The lowest BCUT2D eigenvalue weighted by atomic mass is 10.2. The van der Waals surface area contributed by atoms with Gasteiger partial charge in [0, 0.05) is 5.39 Å². The third-order valence-electron chi connectivity index (χ3n) is 3.15. The van der Waals surface area contributed by atoms with Crippen LogP contribution in [0.5, 0.6) is 0 Å². The van der Waals surface area contributed by atoms with E-state index in [-0.39, 0.29) is 5.56 Å². The first kappa shape index (κ1) is 12.4. The number of benzene rings is 2. The molecule has 1 heterocycles. The van der Waals surface area contributed by atoms with E-state index in [1.165, 1.54) is 4.68 Å². The fraction of sp³-hybridized carbons (Fsp3) is 0.0588. The smallest absolute Gasteiger partial charge is 0.267 e. The molecule has 3 nitrogen and oxygen atoms in total. The Kier molecular flexibility index (Phi) is 3.42. The molecule has 3 heteroatoms. The highest BCUT2D eigenvalue weighted by atomic mass is 16.1. The van der Waals surface area contributed by atoms with Crippen LogP contribution in [0.15, 0.2) is 71.7 Å². The standard InChI is InChI=1S/C17H14N2O/c20-17-16-11-5-4-10-15(16)13-18-19(17)12-6-9-14-7-2-1-3-8-14/h1-11,13H,12H2. The van der Waals surface area contributed by atoms with Crippen LogP contribution in [0.4, 0.5) is 0 Å². The number of fused-ring (bicyclic) bond motifs is 1. The summed E-state index contributed by atoms with van der Waals surface area (Å²) in [6.45, 7) is 0.471. The van der Waals surface area contributed by atoms with Gasteiger partial charge in [0.1, 0.15) is 0 Å². The van der Waals surface area contributed by atoms with Gasteiger partial charge >= 0.3 is 0 Å². The van der Waals surface area contributed by atoms with Crippen LogP contribution in [0.3, 0.4) is 0 Å². The van der Waals surface area contributed by atoms with Crippen molar-refractivity contribution in [3.05, 3.63) is 82.8 Å². The Balaban J connectivity index is 1.87. The maximum absolute atomic E-state index is 12.2. The van der Waals surface area contributed by atoms with Crippen LogP contribution >= 0.6 is 0 Å². The van der Waals surface area contributed by atoms with Gasteiger partial charge in [-0.1, -0.05) is 60.7 Å². The van der Waals surface area contributed by atoms with Crippen LogP contribution < -0.4 is 5.56 Å². The number of rotatable bonds is 3. The third kappa shape index (κ3) is 2.52. The van der Waals surface area contributed by atoms with E-state index in [1.54, 1.807) is 6.20 Å². The van der Waals surface area contributed by atoms with Crippen molar-refractivity contribution in [2.75, 3.05) is 0 Å². The Morgan fingerprint density at radius 2 is 1.75 bits per heavy atom. The van der Waals surface area contributed by atoms with Gasteiger partial charge in [-0.05, 0) is 11.6 Å². The van der Waals surface area contributed by atoms with Gasteiger partial charge in [-0.25, -0.2) is 4.68 Å². The minimum atomic E-state index is -0.0548. The molecule has 1 aromatic heterocycles. The van der Waals surface area contributed by atoms with Crippen LogP contribution in [0.1, 0.15) is 5.56 Å². The van der Waals surface area contributed by atoms with Crippen molar-refractivity contribution >= 4 is 16.8 Å². The molecule has 3 rings (SSSR count). The first-order chi connectivity index (χ1) is 9.84. The maximum atomic E-state index is 12.2. The first-order valence-electron chi connectivity index (χ1n) is 6.51. The van der Waals surface area contributed by atoms with E-state index in [1.807, 2.05) is 66.7 Å². The fourth-order valence-electron chi connectivity index (χ4n) is 2.11. The molecular weight excluding hydrogens is 248 g/mol. The SMILES string of the molecule is O=c1c2ccccc2cnn1CC=Cc1ccccc1. The molecule has 0 saturated carbocycles. The average molecular weight is 262 g/mol. The van der Waals surface area contributed by atoms with Gasteiger partial charge in [0.2, 0.25) is 0 Å². The molecule has 0 aliphatic heterocycles. The number of hydrogen-bond acceptors (Lipinski definition) is 2. The molecule has 0 atom stereocenters. The second kappa shape index (κ2) is 5.53. The highest BCUT2D eigenvalue weighted by molar-refractivity contribution is 5.80. The van der Waals surface area contributed by atoms with Gasteiger partial charge < -0.3 is 0 Å². The Bertz CT molecular complexity index is 804. The minimum absolute atomic E-state index is 0.0548. The largest absolute Gasteiger partial charge is 0.274 e. The minimum Gasteiger partial charge on any atom is -0.267 e. The van der Waals surface area contributed by atoms with Crippen LogP contribution in [-0.4, -0.2) is 9.78 Å². The van der Waals surface area contributed by atoms with Crippen molar-refractivity contribution in [3.63, 3.8) is 0 Å². The van der Waals surface area contributed by atoms with E-state index >= 15 is 0 Å². The number of nitrogens with zero attached hydrogens (tertiary/aromatic N) is 2. The van der Waals surface area contributed by atoms with E-state index in [4.69, 9.17) is 0 Å². The van der Waals surface area contributed by atoms with Crippen LogP contribution in [0.2, 0.25) is 0 Å². The van der Waals surface area contributed by atoms with Gasteiger partial charge in [0.05, 0.1) is 18.1 Å². The van der Waals surface area contributed by atoms with Gasteiger partial charge in [-0.3, -0.25) is 4.79 Å². The van der Waals surface area contributed by atoms with Crippen molar-refractivity contribution in [1.82, 2.24) is 9.78 Å². The summed E-state index contributed by atoms with van der Waals surface area (Å²) >= 11 is 0. The van der Waals surface area contributed by atoms with Crippen molar-refractivity contribution in [3.8, 4) is 0 Å². The van der Waals surface area contributed by atoms with Crippen molar-refractivity contribution in [2.24, 2.45) is 0 Å². The third-order valence-corrected chi connectivity index (χ3v) is 3.15. The molecule has 0 N–H and O–H groups in total. The first-order valence-corrected chi connectivity index (χ1v) is 6.51. The molecular formula is C17H14N2O. The van der Waals surface area contributed by atoms with E-state index in [0.717, 1.165) is 10.9 Å². The molecule has 3 aromatic rings. The molecule has 0 aliphatic carbocycles. The monoisotopic (exact) mass is 262 g/mol. The second-order valence-electron chi connectivity index (χ2n) is 4.53. The summed E-state index contributed by atoms with van der Waals surface area (Å²) < 4.78 is 1.47. The lowest BCUT2D eigenvalue weighted by Gasteiger charge is -2.02. The molecule has 0 saturated heterocycles. The lowest BCUT2D eigenvalue weighted by Crippen LogP contribution is -2.21. The van der Waals surface area contributed by atoms with E-state index in [0.29, 0.717) is 11.9 Å². The summed E-state index contributed by atoms with van der Waals surface area (Å²) in [5.41, 5.74) is 1.06. The molecule has 2 aromatic carbocycles. The Labute approximate surface area is 116 Å². The Hall–Kier alpha value is -2.68. The summed E-state index contributed by atoms with van der Waals surface area (Å²) in [5.74, 6) is 0. The molecule has 0 spiro atoms. The zero-order valence-electron chi connectivity index (χ0n) is 10.9. The highest BCUT2D eigenvalue weighted by Crippen LogP contribution is 2.06. The molecule has 20 heavy (non-hydrogen) atoms. The number of aromatic nitrogens is 2. The van der Waals surface area contributed by atoms with Gasteiger partial charge in [0.15, 0.2) is 0 Å². The van der Waals surface area contributed by atoms with Crippen LogP contribution in [0, 0.1) is 0 Å². The highest BCUT2D eigenvalue weighted by Gasteiger charge is 2.01. The van der Waals surface area contributed by atoms with Crippen molar-refractivity contribution in [2.45, 2.75) is 6.54 Å². The zero-order valence-corrected chi connectivity index (χ0v) is 10.9. The normalized spacial score (nSPS) is 11.2. The number of hydrogen-bond donors (Lipinski definition) is 0. The summed E-state index contributed by atoms with van der Waals surface area (Å²) in [7, 11) is 0. The molecule has 0 amide bonds. The zero-order chi connectivity index (χ0) is 13.8. The quantitative estimate of drug-likeness (QED) is 0.727. The molecule has 0 radical (unpaired) electrons. The number of allylic oxidation sites excluding steroid dienone is 1. The van der Waals surface area contributed by atoms with Crippen LogP contribution in [-0.2, 0) is 6.54 Å².